The molecule has 124 valence electrons. The molecule has 0 amide bonds. The first-order valence-electron chi connectivity index (χ1n) is 7.12. The number of aromatic nitrogens is 1. The van der Waals surface area contributed by atoms with Crippen LogP contribution in [0, 0.1) is 20.2 Å². The van der Waals surface area contributed by atoms with Crippen LogP contribution < -0.4 is 0 Å². The zero-order valence-electron chi connectivity index (χ0n) is 12.6. The van der Waals surface area contributed by atoms with Gasteiger partial charge < -0.3 is 0 Å². The Kier molecular flexibility index (Phi) is 4.53. The monoisotopic (exact) mass is 399 g/mol. The van der Waals surface area contributed by atoms with E-state index in [4.69, 9.17) is 0 Å². The quantitative estimate of drug-likeness (QED) is 0.454. The van der Waals surface area contributed by atoms with Crippen molar-refractivity contribution < 1.29 is 9.85 Å². The lowest BCUT2D eigenvalue weighted by Crippen LogP contribution is -1.91. The standard InChI is InChI=1S/C17H10BrN3O4/c18-14-9-5-11(10-17(14)21(24)25)4-6-12-7-8-13-15(19-12)2-1-3-16(13)20(22)23/h1-10H/b6-4+. The zero-order chi connectivity index (χ0) is 18.0. The molecular formula is C17H10BrN3O4. The van der Waals surface area contributed by atoms with E-state index in [1.165, 1.54) is 12.1 Å². The van der Waals surface area contributed by atoms with Crippen LogP contribution in [0.15, 0.2) is 53.0 Å². The van der Waals surface area contributed by atoms with Crippen LogP contribution >= 0.6 is 15.9 Å². The summed E-state index contributed by atoms with van der Waals surface area (Å²) in [6, 6.07) is 12.8. The van der Waals surface area contributed by atoms with Crippen molar-refractivity contribution in [1.82, 2.24) is 4.98 Å². The third kappa shape index (κ3) is 3.53. The van der Waals surface area contributed by atoms with Gasteiger partial charge in [0.15, 0.2) is 0 Å². The summed E-state index contributed by atoms with van der Waals surface area (Å²) in [5.74, 6) is 0. The maximum atomic E-state index is 11.0. The number of hydrogen-bond donors (Lipinski definition) is 0. The van der Waals surface area contributed by atoms with E-state index in [2.05, 4.69) is 20.9 Å². The number of non-ortho nitro benzene ring substituents is 1. The van der Waals surface area contributed by atoms with E-state index >= 15 is 0 Å². The van der Waals surface area contributed by atoms with E-state index in [0.29, 0.717) is 26.6 Å². The van der Waals surface area contributed by atoms with E-state index in [-0.39, 0.29) is 11.4 Å². The molecule has 25 heavy (non-hydrogen) atoms. The van der Waals surface area contributed by atoms with Gasteiger partial charge in [-0.3, -0.25) is 20.2 Å². The van der Waals surface area contributed by atoms with Gasteiger partial charge in [0.1, 0.15) is 0 Å². The molecule has 1 aromatic heterocycles. The average molecular weight is 400 g/mol. The highest BCUT2D eigenvalue weighted by Gasteiger charge is 2.12. The van der Waals surface area contributed by atoms with Gasteiger partial charge in [-0.05, 0) is 51.8 Å². The van der Waals surface area contributed by atoms with Gasteiger partial charge >= 0.3 is 0 Å². The number of nitro benzene ring substituents is 2. The lowest BCUT2D eigenvalue weighted by Gasteiger charge is -2.01. The Bertz CT molecular complexity index is 1030. The van der Waals surface area contributed by atoms with Crippen molar-refractivity contribution in [1.29, 1.82) is 0 Å². The van der Waals surface area contributed by atoms with Crippen molar-refractivity contribution in [2.75, 3.05) is 0 Å². The van der Waals surface area contributed by atoms with Gasteiger partial charge in [0, 0.05) is 12.1 Å². The zero-order valence-corrected chi connectivity index (χ0v) is 14.2. The molecule has 0 aliphatic rings. The van der Waals surface area contributed by atoms with Crippen molar-refractivity contribution in [3.8, 4) is 0 Å². The van der Waals surface area contributed by atoms with Gasteiger partial charge in [0.05, 0.1) is 30.9 Å². The van der Waals surface area contributed by atoms with Crippen molar-refractivity contribution in [2.45, 2.75) is 0 Å². The second kappa shape index (κ2) is 6.78. The normalized spacial score (nSPS) is 11.1. The first kappa shape index (κ1) is 16.7. The Morgan fingerprint density at radius 2 is 1.68 bits per heavy atom. The predicted octanol–water partition coefficient (Wildman–Crippen LogP) is 4.98. The molecule has 0 bridgehead atoms. The smallest absolute Gasteiger partial charge is 0.258 e. The van der Waals surface area contributed by atoms with Crippen LogP contribution in [0.1, 0.15) is 11.3 Å². The molecule has 0 saturated heterocycles. The number of halogens is 1. The molecule has 1 heterocycles. The van der Waals surface area contributed by atoms with E-state index < -0.39 is 9.85 Å². The Labute approximate surface area is 150 Å². The highest BCUT2D eigenvalue weighted by molar-refractivity contribution is 9.10. The van der Waals surface area contributed by atoms with Gasteiger partial charge in [0.25, 0.3) is 11.4 Å². The van der Waals surface area contributed by atoms with Crippen LogP contribution in [0.2, 0.25) is 0 Å². The number of nitrogens with zero attached hydrogens (tertiary/aromatic N) is 3. The van der Waals surface area contributed by atoms with E-state index in [1.807, 2.05) is 0 Å². The number of nitro groups is 2. The van der Waals surface area contributed by atoms with Gasteiger partial charge in [-0.25, -0.2) is 4.98 Å². The summed E-state index contributed by atoms with van der Waals surface area (Å²) in [7, 11) is 0. The first-order valence-corrected chi connectivity index (χ1v) is 7.91. The van der Waals surface area contributed by atoms with Crippen LogP contribution in [0.5, 0.6) is 0 Å². The molecule has 0 fully saturated rings. The average Bonchev–Trinajstić information content (AvgIpc) is 2.59. The second-order valence-electron chi connectivity index (χ2n) is 5.14. The largest absolute Gasteiger partial charge is 0.284 e. The van der Waals surface area contributed by atoms with Crippen LogP contribution in [0.4, 0.5) is 11.4 Å². The highest BCUT2D eigenvalue weighted by Crippen LogP contribution is 2.27. The molecule has 0 N–H and O–H groups in total. The number of benzene rings is 2. The molecule has 7 nitrogen and oxygen atoms in total. The van der Waals surface area contributed by atoms with E-state index in [9.17, 15) is 20.2 Å². The molecule has 2 aromatic carbocycles. The fourth-order valence-electron chi connectivity index (χ4n) is 2.36. The fraction of sp³-hybridized carbons (Fsp3) is 0. The maximum absolute atomic E-state index is 11.0. The maximum Gasteiger partial charge on any atom is 0.284 e. The summed E-state index contributed by atoms with van der Waals surface area (Å²) >= 11 is 3.14. The fourth-order valence-corrected chi connectivity index (χ4v) is 2.75. The Hall–Kier alpha value is -3.13. The third-order valence-electron chi connectivity index (χ3n) is 3.54. The lowest BCUT2D eigenvalue weighted by atomic mass is 10.1. The van der Waals surface area contributed by atoms with Gasteiger partial charge in [-0.1, -0.05) is 18.2 Å². The summed E-state index contributed by atoms with van der Waals surface area (Å²) in [5, 5.41) is 22.5. The van der Waals surface area contributed by atoms with Crippen LogP contribution in [-0.2, 0) is 0 Å². The lowest BCUT2D eigenvalue weighted by molar-refractivity contribution is -0.385. The summed E-state index contributed by atoms with van der Waals surface area (Å²) in [6.07, 6.45) is 3.40. The van der Waals surface area contributed by atoms with Crippen molar-refractivity contribution in [2.24, 2.45) is 0 Å². The molecule has 0 saturated carbocycles. The number of rotatable bonds is 4. The van der Waals surface area contributed by atoms with Crippen LogP contribution in [-0.4, -0.2) is 14.8 Å². The molecule has 3 aromatic rings. The molecule has 0 atom stereocenters. The van der Waals surface area contributed by atoms with Crippen molar-refractivity contribution >= 4 is 50.4 Å². The second-order valence-corrected chi connectivity index (χ2v) is 5.99. The molecule has 8 heteroatoms. The van der Waals surface area contributed by atoms with Gasteiger partial charge in [0.2, 0.25) is 0 Å². The SMILES string of the molecule is O=[N+]([O-])c1cc(/C=C/c2ccc3c([N+](=O)[O-])cccc3n2)ccc1Br. The molecule has 0 spiro atoms. The summed E-state index contributed by atoms with van der Waals surface area (Å²) in [4.78, 5) is 25.5. The number of pyridine rings is 1. The Morgan fingerprint density at radius 1 is 0.920 bits per heavy atom. The highest BCUT2D eigenvalue weighted by atomic mass is 79.9. The molecule has 0 aliphatic heterocycles. The Morgan fingerprint density at radius 3 is 2.40 bits per heavy atom. The van der Waals surface area contributed by atoms with Crippen molar-refractivity contribution in [3.63, 3.8) is 0 Å². The minimum absolute atomic E-state index is 0.00376. The number of hydrogen-bond acceptors (Lipinski definition) is 5. The summed E-state index contributed by atoms with van der Waals surface area (Å²) < 4.78 is 0.408. The van der Waals surface area contributed by atoms with Gasteiger partial charge in [-0.2, -0.15) is 0 Å². The third-order valence-corrected chi connectivity index (χ3v) is 4.21. The first-order chi connectivity index (χ1) is 12.0. The molecule has 0 radical (unpaired) electrons. The van der Waals surface area contributed by atoms with Crippen LogP contribution in [0.25, 0.3) is 23.1 Å². The minimum Gasteiger partial charge on any atom is -0.258 e. The topological polar surface area (TPSA) is 99.2 Å². The molecule has 0 unspecified atom stereocenters. The molecular weight excluding hydrogens is 390 g/mol. The number of fused-ring (bicyclic) bond motifs is 1. The molecule has 0 aliphatic carbocycles. The van der Waals surface area contributed by atoms with E-state index in [1.54, 1.807) is 48.6 Å². The summed E-state index contributed by atoms with van der Waals surface area (Å²) in [6.45, 7) is 0. The minimum atomic E-state index is -0.463. The predicted molar refractivity (Wildman–Crippen MR) is 98.1 cm³/mol. The van der Waals surface area contributed by atoms with Crippen molar-refractivity contribution in [3.05, 3.63) is 84.5 Å². The van der Waals surface area contributed by atoms with Crippen LogP contribution in [0.3, 0.4) is 0 Å². The summed E-state index contributed by atoms with van der Waals surface area (Å²) in [5.41, 5.74) is 1.74. The molecule has 3 rings (SSSR count). The van der Waals surface area contributed by atoms with Gasteiger partial charge in [-0.15, -0.1) is 0 Å². The van der Waals surface area contributed by atoms with E-state index in [0.717, 1.165) is 0 Å². The Balaban J connectivity index is 1.96.